The number of aliphatic hydroxyl groups excluding tert-OH is 1. The average molecular weight is 328 g/mol. The molecule has 0 spiro atoms. The summed E-state index contributed by atoms with van der Waals surface area (Å²) in [5.41, 5.74) is 0.819. The topological polar surface area (TPSA) is 97.1 Å². The highest BCUT2D eigenvalue weighted by atomic mass is 16.3. The minimum absolute atomic E-state index is 0.130. The number of carbonyl (C=O) groups is 1. The van der Waals surface area contributed by atoms with Crippen molar-refractivity contribution in [2.45, 2.75) is 31.4 Å². The predicted octanol–water partition coefficient (Wildman–Crippen LogP) is 0.287. The van der Waals surface area contributed by atoms with E-state index in [-0.39, 0.29) is 35.2 Å². The van der Waals surface area contributed by atoms with Gasteiger partial charge < -0.3 is 10.4 Å². The Morgan fingerprint density at radius 3 is 2.79 bits per heavy atom. The zero-order chi connectivity index (χ0) is 17.1. The van der Waals surface area contributed by atoms with E-state index in [2.05, 4.69) is 15.4 Å². The van der Waals surface area contributed by atoms with Crippen LogP contribution >= 0.6 is 0 Å². The lowest BCUT2D eigenvalue weighted by molar-refractivity contribution is 0.0237. The van der Waals surface area contributed by atoms with E-state index in [1.807, 2.05) is 18.2 Å². The van der Waals surface area contributed by atoms with Crippen molar-refractivity contribution in [3.05, 3.63) is 58.3 Å². The summed E-state index contributed by atoms with van der Waals surface area (Å²) >= 11 is 0. The monoisotopic (exact) mass is 328 g/mol. The van der Waals surface area contributed by atoms with E-state index in [1.165, 1.54) is 19.2 Å². The highest BCUT2D eigenvalue weighted by molar-refractivity contribution is 5.92. The molecule has 2 aromatic heterocycles. The Balaban J connectivity index is 1.74. The molecule has 126 valence electrons. The normalized spacial score (nSPS) is 20.9. The van der Waals surface area contributed by atoms with E-state index in [4.69, 9.17) is 0 Å². The lowest BCUT2D eigenvalue weighted by Crippen LogP contribution is -2.48. The first-order valence-corrected chi connectivity index (χ1v) is 7.96. The molecule has 1 aliphatic carbocycles. The van der Waals surface area contributed by atoms with Crippen molar-refractivity contribution in [1.29, 1.82) is 0 Å². The maximum Gasteiger partial charge on any atom is 0.271 e. The summed E-state index contributed by atoms with van der Waals surface area (Å²) in [6.07, 6.45) is 3.35. The first-order chi connectivity index (χ1) is 11.5. The fourth-order valence-electron chi connectivity index (χ4n) is 2.90. The zero-order valence-corrected chi connectivity index (χ0v) is 13.4. The van der Waals surface area contributed by atoms with Gasteiger partial charge in [0, 0.05) is 37.5 Å². The van der Waals surface area contributed by atoms with Crippen molar-refractivity contribution >= 4 is 5.91 Å². The quantitative estimate of drug-likeness (QED) is 0.822. The molecule has 0 aromatic carbocycles. The first-order valence-electron chi connectivity index (χ1n) is 7.96. The number of aromatic nitrogens is 3. The molecule has 1 saturated carbocycles. The average Bonchev–Trinajstić information content (AvgIpc) is 2.55. The summed E-state index contributed by atoms with van der Waals surface area (Å²) < 4.78 is 1.13. The number of aliphatic hydroxyl groups is 1. The largest absolute Gasteiger partial charge is 0.393 e. The van der Waals surface area contributed by atoms with Crippen LogP contribution in [0.25, 0.3) is 0 Å². The van der Waals surface area contributed by atoms with Crippen LogP contribution in [-0.2, 0) is 13.5 Å². The van der Waals surface area contributed by atoms with Crippen LogP contribution in [0.15, 0.2) is 41.3 Å². The van der Waals surface area contributed by atoms with Gasteiger partial charge in [0.15, 0.2) is 0 Å². The fourth-order valence-corrected chi connectivity index (χ4v) is 2.90. The van der Waals surface area contributed by atoms with Gasteiger partial charge in [0.25, 0.3) is 11.5 Å². The number of aryl methyl sites for hydroxylation is 1. The smallest absolute Gasteiger partial charge is 0.271 e. The van der Waals surface area contributed by atoms with Crippen molar-refractivity contribution in [2.75, 3.05) is 0 Å². The molecular formula is C17H20N4O3. The van der Waals surface area contributed by atoms with Crippen LogP contribution in [0, 0.1) is 5.92 Å². The van der Waals surface area contributed by atoms with Gasteiger partial charge in [-0.1, -0.05) is 6.07 Å². The molecule has 2 heterocycles. The number of pyridine rings is 1. The van der Waals surface area contributed by atoms with Crippen molar-refractivity contribution < 1.29 is 9.90 Å². The third-order valence-corrected chi connectivity index (χ3v) is 4.38. The van der Waals surface area contributed by atoms with Gasteiger partial charge in [-0.2, -0.15) is 5.10 Å². The second-order valence-electron chi connectivity index (χ2n) is 6.17. The van der Waals surface area contributed by atoms with E-state index >= 15 is 0 Å². The van der Waals surface area contributed by atoms with Crippen molar-refractivity contribution in [2.24, 2.45) is 13.0 Å². The fraction of sp³-hybridized carbons (Fsp3) is 0.412. The molecule has 7 heteroatoms. The number of amides is 1. The molecule has 1 atom stereocenters. The van der Waals surface area contributed by atoms with E-state index < -0.39 is 0 Å². The van der Waals surface area contributed by atoms with E-state index in [1.54, 1.807) is 6.20 Å². The summed E-state index contributed by atoms with van der Waals surface area (Å²) in [7, 11) is 1.51. The summed E-state index contributed by atoms with van der Waals surface area (Å²) in [6.45, 7) is 0. The van der Waals surface area contributed by atoms with Crippen LogP contribution in [0.2, 0.25) is 0 Å². The summed E-state index contributed by atoms with van der Waals surface area (Å²) in [5.74, 6) is -0.119. The Morgan fingerprint density at radius 1 is 1.38 bits per heavy atom. The molecule has 3 rings (SSSR count). The summed E-state index contributed by atoms with van der Waals surface area (Å²) in [4.78, 5) is 28.2. The Kier molecular flexibility index (Phi) is 4.71. The molecule has 0 saturated heterocycles. The third-order valence-electron chi connectivity index (χ3n) is 4.38. The predicted molar refractivity (Wildman–Crippen MR) is 87.4 cm³/mol. The van der Waals surface area contributed by atoms with Crippen LogP contribution in [0.1, 0.15) is 29.0 Å². The van der Waals surface area contributed by atoms with Crippen LogP contribution in [-0.4, -0.2) is 37.9 Å². The van der Waals surface area contributed by atoms with Crippen LogP contribution < -0.4 is 10.9 Å². The molecule has 7 nitrogen and oxygen atoms in total. The van der Waals surface area contributed by atoms with Gasteiger partial charge in [-0.3, -0.25) is 14.6 Å². The Morgan fingerprint density at radius 2 is 2.17 bits per heavy atom. The molecule has 24 heavy (non-hydrogen) atoms. The highest BCUT2D eigenvalue weighted by Gasteiger charge is 2.35. The number of hydrogen-bond acceptors (Lipinski definition) is 5. The summed E-state index contributed by atoms with van der Waals surface area (Å²) in [5, 5.41) is 16.5. The first kappa shape index (κ1) is 16.3. The molecule has 0 bridgehead atoms. The number of nitrogens with one attached hydrogen (secondary N) is 1. The SMILES string of the molecule is Cn1nc(C(=O)NC(Cc2ccccn2)C2CC(O)C2)ccc1=O. The van der Waals surface area contributed by atoms with Gasteiger partial charge in [0.05, 0.1) is 6.10 Å². The van der Waals surface area contributed by atoms with Crippen LogP contribution in [0.5, 0.6) is 0 Å². The maximum atomic E-state index is 12.5. The van der Waals surface area contributed by atoms with Crippen LogP contribution in [0.3, 0.4) is 0 Å². The molecule has 1 unspecified atom stereocenters. The Bertz CT molecular complexity index is 769. The minimum atomic E-state index is -0.326. The van der Waals surface area contributed by atoms with Gasteiger partial charge >= 0.3 is 0 Å². The van der Waals surface area contributed by atoms with Gasteiger partial charge in [-0.15, -0.1) is 0 Å². The van der Waals surface area contributed by atoms with Gasteiger partial charge in [0.2, 0.25) is 0 Å². The molecule has 1 amide bonds. The molecule has 1 fully saturated rings. The van der Waals surface area contributed by atoms with Gasteiger partial charge in [0.1, 0.15) is 5.69 Å². The molecule has 0 radical (unpaired) electrons. The van der Waals surface area contributed by atoms with Gasteiger partial charge in [-0.25, -0.2) is 4.68 Å². The molecule has 2 aromatic rings. The third kappa shape index (κ3) is 3.68. The number of hydrogen-bond donors (Lipinski definition) is 2. The maximum absolute atomic E-state index is 12.5. The molecule has 2 N–H and O–H groups in total. The standard InChI is InChI=1S/C17H20N4O3/c1-21-16(23)6-5-14(20-21)17(24)19-15(11-8-13(22)9-11)10-12-4-2-3-7-18-12/h2-7,11,13,15,22H,8-10H2,1H3,(H,19,24). The molecule has 1 aliphatic rings. The number of carbonyl (C=O) groups excluding carboxylic acids is 1. The lowest BCUT2D eigenvalue weighted by Gasteiger charge is -2.38. The van der Waals surface area contributed by atoms with E-state index in [0.29, 0.717) is 19.3 Å². The highest BCUT2D eigenvalue weighted by Crippen LogP contribution is 2.31. The van der Waals surface area contributed by atoms with E-state index in [9.17, 15) is 14.7 Å². The van der Waals surface area contributed by atoms with Crippen LogP contribution in [0.4, 0.5) is 0 Å². The zero-order valence-electron chi connectivity index (χ0n) is 13.4. The Labute approximate surface area is 139 Å². The number of nitrogens with zero attached hydrogens (tertiary/aromatic N) is 3. The van der Waals surface area contributed by atoms with Crippen molar-refractivity contribution in [3.63, 3.8) is 0 Å². The lowest BCUT2D eigenvalue weighted by atomic mass is 9.76. The van der Waals surface area contributed by atoms with Crippen molar-refractivity contribution in [3.8, 4) is 0 Å². The van der Waals surface area contributed by atoms with E-state index in [0.717, 1.165) is 10.4 Å². The van der Waals surface area contributed by atoms with Crippen molar-refractivity contribution in [1.82, 2.24) is 20.1 Å². The Hall–Kier alpha value is -2.54. The molecular weight excluding hydrogens is 308 g/mol. The summed E-state index contributed by atoms with van der Waals surface area (Å²) in [6, 6.07) is 8.28. The minimum Gasteiger partial charge on any atom is -0.393 e. The number of rotatable bonds is 5. The second-order valence-corrected chi connectivity index (χ2v) is 6.17. The second kappa shape index (κ2) is 6.92. The molecule has 0 aliphatic heterocycles. The van der Waals surface area contributed by atoms with Gasteiger partial charge in [-0.05, 0) is 37.0 Å².